The number of carbonyl (C=O) groups is 2. The van der Waals surface area contributed by atoms with Crippen LogP contribution < -0.4 is 9.47 Å². The van der Waals surface area contributed by atoms with Gasteiger partial charge in [-0.1, -0.05) is 79.9 Å². The number of rotatable bonds is 4. The first-order valence-corrected chi connectivity index (χ1v) is 11.1. The highest BCUT2D eigenvalue weighted by Gasteiger charge is 2.50. The summed E-state index contributed by atoms with van der Waals surface area (Å²) < 4.78 is 11.5. The first kappa shape index (κ1) is 20.3. The summed E-state index contributed by atoms with van der Waals surface area (Å²) in [5.74, 6) is -0.175. The molecule has 0 heterocycles. The van der Waals surface area contributed by atoms with Gasteiger partial charge in [0.25, 0.3) is 0 Å². The average Bonchev–Trinajstić information content (AvgIpc) is 2.84. The number of ether oxygens (including phenoxy) is 2. The first-order chi connectivity index (χ1) is 15.6. The smallest absolute Gasteiger partial charge is 0.328 e. The predicted octanol–water partition coefficient (Wildman–Crippen LogP) is 6.45. The van der Waals surface area contributed by atoms with Gasteiger partial charge in [0.1, 0.15) is 11.5 Å². The maximum absolute atomic E-state index is 13.3. The Bertz CT molecular complexity index is 1210. The zero-order valence-corrected chi connectivity index (χ0v) is 17.8. The quantitative estimate of drug-likeness (QED) is 0.214. The van der Waals surface area contributed by atoms with Crippen LogP contribution >= 0.6 is 0 Å². The van der Waals surface area contributed by atoms with Crippen molar-refractivity contribution in [3.8, 4) is 11.5 Å². The minimum Gasteiger partial charge on any atom is -0.426 e. The van der Waals surface area contributed by atoms with E-state index >= 15 is 0 Å². The van der Waals surface area contributed by atoms with Gasteiger partial charge in [-0.2, -0.15) is 0 Å². The van der Waals surface area contributed by atoms with E-state index in [0.29, 0.717) is 24.3 Å². The van der Waals surface area contributed by atoms with Gasteiger partial charge in [-0.15, -0.1) is 0 Å². The van der Waals surface area contributed by atoms with Crippen LogP contribution in [0.2, 0.25) is 0 Å². The highest BCUT2D eigenvalue weighted by atomic mass is 16.6. The average molecular weight is 424 g/mol. The summed E-state index contributed by atoms with van der Waals surface area (Å²) in [7, 11) is 0. The van der Waals surface area contributed by atoms with Crippen molar-refractivity contribution in [3.63, 3.8) is 0 Å². The molecule has 0 N–H and O–H groups in total. The van der Waals surface area contributed by atoms with Crippen molar-refractivity contribution in [2.75, 3.05) is 0 Å². The number of carbonyl (C=O) groups excluding carboxylic acids is 2. The molecule has 5 rings (SSSR count). The lowest BCUT2D eigenvalue weighted by Crippen LogP contribution is -2.46. The molecular weight excluding hydrogens is 400 g/mol. The van der Waals surface area contributed by atoms with E-state index in [1.807, 2.05) is 72.8 Å². The van der Waals surface area contributed by atoms with Gasteiger partial charge in [-0.25, -0.2) is 0 Å². The van der Waals surface area contributed by atoms with Crippen molar-refractivity contribution in [1.29, 1.82) is 0 Å². The van der Waals surface area contributed by atoms with Crippen LogP contribution in [-0.2, 0) is 9.59 Å². The number of hydrogen-bond donors (Lipinski definition) is 0. The number of benzene rings is 4. The van der Waals surface area contributed by atoms with Gasteiger partial charge >= 0.3 is 11.9 Å². The summed E-state index contributed by atoms with van der Waals surface area (Å²) in [6.07, 6.45) is 3.45. The van der Waals surface area contributed by atoms with E-state index in [1.165, 1.54) is 0 Å². The topological polar surface area (TPSA) is 52.6 Å². The molecule has 0 unspecified atom stereocenters. The van der Waals surface area contributed by atoms with Gasteiger partial charge in [-0.3, -0.25) is 9.59 Å². The van der Waals surface area contributed by atoms with Crippen molar-refractivity contribution in [2.24, 2.45) is 5.41 Å². The van der Waals surface area contributed by atoms with Gasteiger partial charge in [0, 0.05) is 0 Å². The van der Waals surface area contributed by atoms with Crippen LogP contribution in [0.15, 0.2) is 84.9 Å². The fraction of sp³-hybridized carbons (Fsp3) is 0.214. The molecular formula is C28H24O4. The Kier molecular flexibility index (Phi) is 5.36. The van der Waals surface area contributed by atoms with Crippen LogP contribution in [0, 0.1) is 5.41 Å². The molecule has 4 aromatic carbocycles. The van der Waals surface area contributed by atoms with Crippen molar-refractivity contribution in [2.45, 2.75) is 32.1 Å². The fourth-order valence-corrected chi connectivity index (χ4v) is 4.52. The Morgan fingerprint density at radius 2 is 1.00 bits per heavy atom. The molecule has 0 saturated heterocycles. The van der Waals surface area contributed by atoms with Crippen LogP contribution in [0.25, 0.3) is 21.5 Å². The molecule has 32 heavy (non-hydrogen) atoms. The number of fused-ring (bicyclic) bond motifs is 2. The summed E-state index contributed by atoms with van der Waals surface area (Å²) in [4.78, 5) is 26.7. The van der Waals surface area contributed by atoms with E-state index < -0.39 is 17.4 Å². The minimum absolute atomic E-state index is 0.436. The molecule has 1 aliphatic rings. The zero-order chi connectivity index (χ0) is 22.0. The molecule has 0 aromatic heterocycles. The first-order valence-electron chi connectivity index (χ1n) is 11.1. The number of esters is 2. The molecule has 1 fully saturated rings. The highest BCUT2D eigenvalue weighted by Crippen LogP contribution is 2.40. The SMILES string of the molecule is O=C(Oc1ccc2ccccc2c1)C1(C(=O)Oc2ccc3ccccc3c2)CCCCC1. The second-order valence-electron chi connectivity index (χ2n) is 8.44. The largest absolute Gasteiger partial charge is 0.426 e. The summed E-state index contributed by atoms with van der Waals surface area (Å²) >= 11 is 0. The molecule has 160 valence electrons. The molecule has 0 atom stereocenters. The van der Waals surface area contributed by atoms with Gasteiger partial charge in [-0.05, 0) is 58.7 Å². The lowest BCUT2D eigenvalue weighted by atomic mass is 9.74. The third kappa shape index (κ3) is 3.84. The minimum atomic E-state index is -1.28. The van der Waals surface area contributed by atoms with Gasteiger partial charge < -0.3 is 9.47 Å². The third-order valence-corrected chi connectivity index (χ3v) is 6.35. The van der Waals surface area contributed by atoms with Crippen molar-refractivity contribution < 1.29 is 19.1 Å². The van der Waals surface area contributed by atoms with E-state index in [0.717, 1.165) is 40.8 Å². The summed E-state index contributed by atoms with van der Waals surface area (Å²) in [5.41, 5.74) is -1.28. The highest BCUT2D eigenvalue weighted by molar-refractivity contribution is 6.02. The Balaban J connectivity index is 1.41. The molecule has 0 radical (unpaired) electrons. The Morgan fingerprint density at radius 3 is 1.47 bits per heavy atom. The van der Waals surface area contributed by atoms with Gasteiger partial charge in [0.15, 0.2) is 5.41 Å². The standard InChI is InChI=1S/C28H24O4/c29-26(31-24-14-12-20-8-2-4-10-22(20)18-24)28(16-6-1-7-17-28)27(30)32-25-15-13-21-9-3-5-11-23(21)19-25/h2-5,8-15,18-19H,1,6-7,16-17H2. The summed E-state index contributed by atoms with van der Waals surface area (Å²) in [6, 6.07) is 26.8. The van der Waals surface area contributed by atoms with E-state index in [1.54, 1.807) is 12.1 Å². The summed E-state index contributed by atoms with van der Waals surface area (Å²) in [5, 5.41) is 4.09. The lowest BCUT2D eigenvalue weighted by molar-refractivity contribution is -0.163. The van der Waals surface area contributed by atoms with Gasteiger partial charge in [0.05, 0.1) is 0 Å². The number of hydrogen-bond acceptors (Lipinski definition) is 4. The predicted molar refractivity (Wildman–Crippen MR) is 125 cm³/mol. The monoisotopic (exact) mass is 424 g/mol. The van der Waals surface area contributed by atoms with Crippen LogP contribution in [0.3, 0.4) is 0 Å². The lowest BCUT2D eigenvalue weighted by Gasteiger charge is -2.32. The van der Waals surface area contributed by atoms with E-state index in [2.05, 4.69) is 0 Å². The zero-order valence-electron chi connectivity index (χ0n) is 17.8. The molecule has 4 heteroatoms. The maximum Gasteiger partial charge on any atom is 0.328 e. The fourth-order valence-electron chi connectivity index (χ4n) is 4.52. The van der Waals surface area contributed by atoms with Crippen molar-refractivity contribution in [1.82, 2.24) is 0 Å². The molecule has 1 saturated carbocycles. The molecule has 1 aliphatic carbocycles. The Labute approximate surface area is 186 Å². The molecule has 0 spiro atoms. The van der Waals surface area contributed by atoms with Gasteiger partial charge in [0.2, 0.25) is 0 Å². The van der Waals surface area contributed by atoms with E-state index in [-0.39, 0.29) is 0 Å². The Morgan fingerprint density at radius 1 is 0.562 bits per heavy atom. The molecule has 4 aromatic rings. The maximum atomic E-state index is 13.3. The van der Waals surface area contributed by atoms with E-state index in [9.17, 15) is 9.59 Å². The Hall–Kier alpha value is -3.66. The second-order valence-corrected chi connectivity index (χ2v) is 8.44. The van der Waals surface area contributed by atoms with Crippen LogP contribution in [0.4, 0.5) is 0 Å². The molecule has 4 nitrogen and oxygen atoms in total. The molecule has 0 amide bonds. The van der Waals surface area contributed by atoms with E-state index in [4.69, 9.17) is 9.47 Å². The molecule has 0 aliphatic heterocycles. The van der Waals surface area contributed by atoms with Crippen LogP contribution in [0.1, 0.15) is 32.1 Å². The molecule has 0 bridgehead atoms. The van der Waals surface area contributed by atoms with Crippen molar-refractivity contribution in [3.05, 3.63) is 84.9 Å². The normalized spacial score (nSPS) is 15.4. The second kappa shape index (κ2) is 8.46. The van der Waals surface area contributed by atoms with Crippen LogP contribution in [0.5, 0.6) is 11.5 Å². The summed E-state index contributed by atoms with van der Waals surface area (Å²) in [6.45, 7) is 0. The third-order valence-electron chi connectivity index (χ3n) is 6.35. The van der Waals surface area contributed by atoms with Crippen molar-refractivity contribution >= 4 is 33.5 Å². The van der Waals surface area contributed by atoms with Crippen LogP contribution in [-0.4, -0.2) is 11.9 Å².